The fraction of sp³-hybridized carbons (Fsp3) is 0.444. The van der Waals surface area contributed by atoms with E-state index in [1.54, 1.807) is 0 Å². The van der Waals surface area contributed by atoms with Crippen LogP contribution in [0.1, 0.15) is 37.4 Å². The summed E-state index contributed by atoms with van der Waals surface area (Å²) in [6, 6.07) is 7.90. The molecule has 0 radical (unpaired) electrons. The molecule has 6 nitrogen and oxygen atoms in total. The van der Waals surface area contributed by atoms with E-state index >= 15 is 0 Å². The molecule has 1 aliphatic rings. The number of aromatic nitrogens is 2. The Hall–Kier alpha value is -2.50. The molecule has 0 amide bonds. The molecular formula is C18H24N4O2. The van der Waals surface area contributed by atoms with Crippen LogP contribution in [-0.2, 0) is 6.54 Å². The van der Waals surface area contributed by atoms with E-state index in [-0.39, 0.29) is 0 Å². The lowest BCUT2D eigenvalue weighted by molar-refractivity contribution is 0.174. The smallest absolute Gasteiger partial charge is 0.231 e. The second-order valence-corrected chi connectivity index (χ2v) is 5.89. The largest absolute Gasteiger partial charge is 0.454 e. The zero-order chi connectivity index (χ0) is 16.8. The van der Waals surface area contributed by atoms with Crippen LogP contribution in [-0.4, -0.2) is 23.3 Å². The Morgan fingerprint density at radius 1 is 1.04 bits per heavy atom. The number of fused-ring (bicyclic) bond motifs is 1. The minimum atomic E-state index is 0.296. The van der Waals surface area contributed by atoms with Crippen LogP contribution in [0.3, 0.4) is 0 Å². The van der Waals surface area contributed by atoms with E-state index in [1.807, 2.05) is 31.2 Å². The molecule has 6 heteroatoms. The van der Waals surface area contributed by atoms with Crippen molar-refractivity contribution in [2.24, 2.45) is 0 Å². The normalized spacial score (nSPS) is 12.2. The summed E-state index contributed by atoms with van der Waals surface area (Å²) in [5, 5.41) is 6.64. The number of benzene rings is 1. The summed E-state index contributed by atoms with van der Waals surface area (Å²) >= 11 is 0. The van der Waals surface area contributed by atoms with Crippen molar-refractivity contribution in [3.63, 3.8) is 0 Å². The van der Waals surface area contributed by atoms with Gasteiger partial charge in [0.05, 0.1) is 0 Å². The molecule has 0 bridgehead atoms. The zero-order valence-electron chi connectivity index (χ0n) is 14.3. The maximum absolute atomic E-state index is 5.41. The highest BCUT2D eigenvalue weighted by molar-refractivity contribution is 5.47. The molecule has 1 aromatic carbocycles. The number of unbranched alkanes of at least 4 members (excludes halogenated alkanes) is 2. The Bertz CT molecular complexity index is 691. The summed E-state index contributed by atoms with van der Waals surface area (Å²) in [4.78, 5) is 8.96. The summed E-state index contributed by atoms with van der Waals surface area (Å²) in [6.07, 6.45) is 3.56. The van der Waals surface area contributed by atoms with Crippen molar-refractivity contribution in [2.75, 3.05) is 24.0 Å². The molecule has 2 N–H and O–H groups in total. The van der Waals surface area contributed by atoms with Gasteiger partial charge in [-0.2, -0.15) is 4.98 Å². The maximum Gasteiger partial charge on any atom is 0.231 e. The number of nitrogens with zero attached hydrogens (tertiary/aromatic N) is 2. The standard InChI is InChI=1S/C18H24N4O2/c1-3-4-5-8-19-18-21-13(2)9-17(22-18)20-11-14-6-7-15-16(10-14)24-12-23-15/h6-7,9-10H,3-5,8,11-12H2,1-2H3,(H2,19,20,21,22). The van der Waals surface area contributed by atoms with Crippen molar-refractivity contribution in [1.29, 1.82) is 0 Å². The average molecular weight is 328 g/mol. The van der Waals surface area contributed by atoms with E-state index < -0.39 is 0 Å². The van der Waals surface area contributed by atoms with E-state index in [2.05, 4.69) is 27.5 Å². The molecule has 0 fully saturated rings. The maximum atomic E-state index is 5.41. The molecule has 2 heterocycles. The molecule has 1 aliphatic heterocycles. The van der Waals surface area contributed by atoms with Gasteiger partial charge in [-0.15, -0.1) is 0 Å². The topological polar surface area (TPSA) is 68.3 Å². The highest BCUT2D eigenvalue weighted by Crippen LogP contribution is 2.32. The third kappa shape index (κ3) is 4.28. The number of hydrogen-bond donors (Lipinski definition) is 2. The van der Waals surface area contributed by atoms with Crippen molar-refractivity contribution in [3.05, 3.63) is 35.5 Å². The molecule has 24 heavy (non-hydrogen) atoms. The van der Waals surface area contributed by atoms with E-state index in [0.29, 0.717) is 19.3 Å². The number of aryl methyl sites for hydroxylation is 1. The van der Waals surface area contributed by atoms with Gasteiger partial charge >= 0.3 is 0 Å². The molecule has 0 atom stereocenters. The minimum Gasteiger partial charge on any atom is -0.454 e. The summed E-state index contributed by atoms with van der Waals surface area (Å²) in [5.74, 6) is 3.10. The van der Waals surface area contributed by atoms with Gasteiger partial charge in [-0.1, -0.05) is 25.8 Å². The quantitative estimate of drug-likeness (QED) is 0.720. The lowest BCUT2D eigenvalue weighted by atomic mass is 10.2. The first-order chi connectivity index (χ1) is 11.7. The van der Waals surface area contributed by atoms with Crippen LogP contribution in [0.5, 0.6) is 11.5 Å². The molecule has 0 saturated heterocycles. The van der Waals surface area contributed by atoms with Gasteiger partial charge in [0.1, 0.15) is 5.82 Å². The van der Waals surface area contributed by atoms with Crippen LogP contribution < -0.4 is 20.1 Å². The van der Waals surface area contributed by atoms with Gasteiger partial charge in [-0.3, -0.25) is 0 Å². The van der Waals surface area contributed by atoms with Gasteiger partial charge in [0.25, 0.3) is 0 Å². The summed E-state index contributed by atoms with van der Waals surface area (Å²) in [6.45, 7) is 6.04. The predicted molar refractivity (Wildman–Crippen MR) is 94.7 cm³/mol. The summed E-state index contributed by atoms with van der Waals surface area (Å²) in [7, 11) is 0. The average Bonchev–Trinajstić information content (AvgIpc) is 3.04. The highest BCUT2D eigenvalue weighted by atomic mass is 16.7. The lowest BCUT2D eigenvalue weighted by Crippen LogP contribution is -2.09. The number of ether oxygens (including phenoxy) is 2. The van der Waals surface area contributed by atoms with E-state index in [0.717, 1.165) is 41.5 Å². The van der Waals surface area contributed by atoms with Gasteiger partial charge in [-0.25, -0.2) is 4.98 Å². The Morgan fingerprint density at radius 2 is 1.92 bits per heavy atom. The third-order valence-corrected chi connectivity index (χ3v) is 3.83. The van der Waals surface area contributed by atoms with Crippen LogP contribution in [0.4, 0.5) is 11.8 Å². The summed E-state index contributed by atoms with van der Waals surface area (Å²) in [5.41, 5.74) is 2.06. The monoisotopic (exact) mass is 328 g/mol. The fourth-order valence-electron chi connectivity index (χ4n) is 2.56. The van der Waals surface area contributed by atoms with Gasteiger partial charge in [0, 0.05) is 24.8 Å². The second-order valence-electron chi connectivity index (χ2n) is 5.89. The van der Waals surface area contributed by atoms with Crippen molar-refractivity contribution < 1.29 is 9.47 Å². The molecule has 0 spiro atoms. The number of hydrogen-bond acceptors (Lipinski definition) is 6. The lowest BCUT2D eigenvalue weighted by Gasteiger charge is -2.10. The predicted octanol–water partition coefficient (Wildman–Crippen LogP) is 3.73. The summed E-state index contributed by atoms with van der Waals surface area (Å²) < 4.78 is 10.7. The Morgan fingerprint density at radius 3 is 2.79 bits per heavy atom. The first-order valence-corrected chi connectivity index (χ1v) is 8.46. The third-order valence-electron chi connectivity index (χ3n) is 3.83. The molecule has 0 aliphatic carbocycles. The molecule has 128 valence electrons. The molecule has 2 aromatic rings. The van der Waals surface area contributed by atoms with Gasteiger partial charge in [0.15, 0.2) is 11.5 Å². The van der Waals surface area contributed by atoms with Gasteiger partial charge in [-0.05, 0) is 31.0 Å². The minimum absolute atomic E-state index is 0.296. The van der Waals surface area contributed by atoms with E-state index in [9.17, 15) is 0 Å². The first kappa shape index (κ1) is 16.4. The SMILES string of the molecule is CCCCCNc1nc(C)cc(NCc2ccc3c(c2)OCO3)n1. The Kier molecular flexibility index (Phi) is 5.36. The molecule has 3 rings (SSSR count). The number of nitrogens with one attached hydrogen (secondary N) is 2. The number of anilines is 2. The van der Waals surface area contributed by atoms with Crippen LogP contribution in [0.2, 0.25) is 0 Å². The van der Waals surface area contributed by atoms with Crippen molar-refractivity contribution in [2.45, 2.75) is 39.7 Å². The Labute approximate surface area is 142 Å². The fourth-order valence-corrected chi connectivity index (χ4v) is 2.56. The highest BCUT2D eigenvalue weighted by Gasteiger charge is 2.13. The van der Waals surface area contributed by atoms with Crippen molar-refractivity contribution >= 4 is 11.8 Å². The van der Waals surface area contributed by atoms with Gasteiger partial charge < -0.3 is 20.1 Å². The van der Waals surface area contributed by atoms with E-state index in [4.69, 9.17) is 9.47 Å². The molecular weight excluding hydrogens is 304 g/mol. The molecule has 0 saturated carbocycles. The van der Waals surface area contributed by atoms with Crippen LogP contribution in [0, 0.1) is 6.92 Å². The number of rotatable bonds is 8. The first-order valence-electron chi connectivity index (χ1n) is 8.46. The van der Waals surface area contributed by atoms with Crippen LogP contribution in [0.15, 0.2) is 24.3 Å². The zero-order valence-corrected chi connectivity index (χ0v) is 14.3. The molecule has 0 unspecified atom stereocenters. The molecule has 1 aromatic heterocycles. The van der Waals surface area contributed by atoms with Crippen molar-refractivity contribution in [1.82, 2.24) is 9.97 Å². The van der Waals surface area contributed by atoms with E-state index in [1.165, 1.54) is 12.8 Å². The van der Waals surface area contributed by atoms with Crippen LogP contribution in [0.25, 0.3) is 0 Å². The second kappa shape index (κ2) is 7.86. The van der Waals surface area contributed by atoms with Crippen LogP contribution >= 0.6 is 0 Å². The van der Waals surface area contributed by atoms with Gasteiger partial charge in [0.2, 0.25) is 12.7 Å². The Balaban J connectivity index is 1.59. The van der Waals surface area contributed by atoms with Crippen molar-refractivity contribution in [3.8, 4) is 11.5 Å².